The molecule has 19 heavy (non-hydrogen) atoms. The van der Waals surface area contributed by atoms with Gasteiger partial charge in [-0.1, -0.05) is 6.07 Å². The van der Waals surface area contributed by atoms with Crippen LogP contribution in [-0.4, -0.2) is 29.7 Å². The minimum absolute atomic E-state index is 0.256. The van der Waals surface area contributed by atoms with E-state index in [1.807, 2.05) is 0 Å². The zero-order valence-corrected chi connectivity index (χ0v) is 10.5. The van der Waals surface area contributed by atoms with Gasteiger partial charge in [0.25, 0.3) is 0 Å². The fraction of sp³-hybridized carbons (Fsp3) is 0.462. The second kappa shape index (κ2) is 5.63. The molecule has 0 unspecified atom stereocenters. The Morgan fingerprint density at radius 3 is 2.79 bits per heavy atom. The van der Waals surface area contributed by atoms with Crippen LogP contribution in [0.15, 0.2) is 18.2 Å². The summed E-state index contributed by atoms with van der Waals surface area (Å²) in [6, 6.07) is 2.66. The van der Waals surface area contributed by atoms with Gasteiger partial charge in [0.15, 0.2) is 11.6 Å². The number of carbonyl (C=O) groups excluding carboxylic acids is 1. The molecule has 1 aromatic carbocycles. The highest BCUT2D eigenvalue weighted by Gasteiger charge is 2.28. The number of aliphatic hydroxyl groups is 1. The van der Waals surface area contributed by atoms with Gasteiger partial charge in [-0.25, -0.2) is 8.78 Å². The number of aliphatic hydroxyl groups excluding tert-OH is 1. The van der Waals surface area contributed by atoms with Crippen molar-refractivity contribution >= 4 is 5.91 Å². The monoisotopic (exact) mass is 270 g/mol. The maximum Gasteiger partial charge on any atom is 0.237 e. The lowest BCUT2D eigenvalue weighted by atomic mass is 10.1. The van der Waals surface area contributed by atoms with Gasteiger partial charge in [-0.2, -0.15) is 0 Å². The van der Waals surface area contributed by atoms with Crippen molar-refractivity contribution in [3.8, 4) is 0 Å². The number of rotatable bonds is 3. The van der Waals surface area contributed by atoms with Gasteiger partial charge in [0.2, 0.25) is 5.91 Å². The molecule has 0 spiro atoms. The number of halogens is 2. The van der Waals surface area contributed by atoms with Crippen molar-refractivity contribution < 1.29 is 18.7 Å². The van der Waals surface area contributed by atoms with Crippen LogP contribution in [0.4, 0.5) is 8.78 Å². The fourth-order valence-electron chi connectivity index (χ4n) is 2.10. The van der Waals surface area contributed by atoms with Crippen molar-refractivity contribution in [3.05, 3.63) is 35.4 Å². The van der Waals surface area contributed by atoms with Crippen LogP contribution in [0.1, 0.15) is 24.9 Å². The number of hydrogen-bond donors (Lipinski definition) is 3. The SMILES string of the molecule is C[C@H](NC(=O)[C@@H]1C[C@H](O)CN1)c1ccc(F)c(F)c1. The molecule has 2 rings (SSSR count). The molecule has 1 aliphatic rings. The van der Waals surface area contributed by atoms with E-state index >= 15 is 0 Å². The largest absolute Gasteiger partial charge is 0.392 e. The molecule has 1 amide bonds. The van der Waals surface area contributed by atoms with Crippen molar-refractivity contribution in [3.63, 3.8) is 0 Å². The van der Waals surface area contributed by atoms with Gasteiger partial charge in [-0.05, 0) is 31.0 Å². The van der Waals surface area contributed by atoms with Crippen LogP contribution in [-0.2, 0) is 4.79 Å². The van der Waals surface area contributed by atoms with E-state index in [9.17, 15) is 18.7 Å². The highest BCUT2D eigenvalue weighted by molar-refractivity contribution is 5.82. The fourth-order valence-corrected chi connectivity index (χ4v) is 2.10. The molecule has 1 heterocycles. The van der Waals surface area contributed by atoms with Crippen molar-refractivity contribution in [1.29, 1.82) is 0 Å². The molecule has 0 aromatic heterocycles. The van der Waals surface area contributed by atoms with E-state index in [1.54, 1.807) is 6.92 Å². The van der Waals surface area contributed by atoms with Crippen molar-refractivity contribution in [2.45, 2.75) is 31.5 Å². The van der Waals surface area contributed by atoms with Gasteiger partial charge in [0.1, 0.15) is 0 Å². The summed E-state index contributed by atoms with van der Waals surface area (Å²) in [6.07, 6.45) is -0.162. The number of carbonyl (C=O) groups is 1. The number of amides is 1. The molecule has 104 valence electrons. The zero-order valence-electron chi connectivity index (χ0n) is 10.5. The van der Waals surface area contributed by atoms with E-state index in [2.05, 4.69) is 10.6 Å². The lowest BCUT2D eigenvalue weighted by Crippen LogP contribution is -2.41. The van der Waals surface area contributed by atoms with E-state index in [1.165, 1.54) is 6.07 Å². The second-order valence-electron chi connectivity index (χ2n) is 4.75. The standard InChI is InChI=1S/C13H16F2N2O2/c1-7(8-2-3-10(14)11(15)4-8)17-13(19)12-5-9(18)6-16-12/h2-4,7,9,12,16,18H,5-6H2,1H3,(H,17,19)/t7-,9-,12-/m0/s1. The summed E-state index contributed by atoms with van der Waals surface area (Å²) >= 11 is 0. The Kier molecular flexibility index (Phi) is 4.11. The summed E-state index contributed by atoms with van der Waals surface area (Å²) in [5, 5.41) is 14.9. The first kappa shape index (κ1) is 13.9. The highest BCUT2D eigenvalue weighted by atomic mass is 19.2. The zero-order chi connectivity index (χ0) is 14.0. The summed E-state index contributed by atoms with van der Waals surface area (Å²) in [6.45, 7) is 2.08. The molecule has 3 N–H and O–H groups in total. The lowest BCUT2D eigenvalue weighted by Gasteiger charge is -2.17. The first-order chi connectivity index (χ1) is 8.97. The van der Waals surface area contributed by atoms with E-state index in [0.717, 1.165) is 12.1 Å². The van der Waals surface area contributed by atoms with Gasteiger partial charge < -0.3 is 15.7 Å². The molecule has 3 atom stereocenters. The maximum absolute atomic E-state index is 13.1. The van der Waals surface area contributed by atoms with Crippen LogP contribution in [0.5, 0.6) is 0 Å². The molecule has 0 saturated carbocycles. The van der Waals surface area contributed by atoms with E-state index in [-0.39, 0.29) is 5.91 Å². The first-order valence-electron chi connectivity index (χ1n) is 6.14. The molecule has 6 heteroatoms. The molecule has 0 radical (unpaired) electrons. The van der Waals surface area contributed by atoms with Crippen LogP contribution in [0.3, 0.4) is 0 Å². The summed E-state index contributed by atoms with van der Waals surface area (Å²) in [5.74, 6) is -2.11. The number of nitrogens with one attached hydrogen (secondary N) is 2. The van der Waals surface area contributed by atoms with Crippen molar-refractivity contribution in [2.75, 3.05) is 6.54 Å². The molecule has 1 fully saturated rings. The Hall–Kier alpha value is -1.53. The third-order valence-electron chi connectivity index (χ3n) is 3.23. The number of benzene rings is 1. The van der Waals surface area contributed by atoms with Gasteiger partial charge in [-0.15, -0.1) is 0 Å². The molecule has 1 aliphatic heterocycles. The van der Waals surface area contributed by atoms with Gasteiger partial charge in [0, 0.05) is 6.54 Å². The summed E-state index contributed by atoms with van der Waals surface area (Å²) in [5.41, 5.74) is 0.491. The Bertz CT molecular complexity index is 482. The van der Waals surface area contributed by atoms with Crippen LogP contribution in [0.2, 0.25) is 0 Å². The summed E-state index contributed by atoms with van der Waals surface area (Å²) in [4.78, 5) is 11.9. The predicted octanol–water partition coefficient (Wildman–Crippen LogP) is 0.865. The van der Waals surface area contributed by atoms with E-state index in [0.29, 0.717) is 18.5 Å². The number of β-amino-alcohol motifs (C(OH)–C–C–N with tert-alkyl or cyclic N) is 1. The highest BCUT2D eigenvalue weighted by Crippen LogP contribution is 2.16. The Balaban J connectivity index is 1.98. The smallest absolute Gasteiger partial charge is 0.237 e. The Labute approximate surface area is 109 Å². The summed E-state index contributed by atoms with van der Waals surface area (Å²) < 4.78 is 25.9. The predicted molar refractivity (Wildman–Crippen MR) is 65.3 cm³/mol. The normalized spacial score (nSPS) is 24.2. The van der Waals surface area contributed by atoms with Crippen LogP contribution in [0.25, 0.3) is 0 Å². The first-order valence-corrected chi connectivity index (χ1v) is 6.14. The van der Waals surface area contributed by atoms with Crippen LogP contribution >= 0.6 is 0 Å². The third-order valence-corrected chi connectivity index (χ3v) is 3.23. The molecule has 4 nitrogen and oxygen atoms in total. The average Bonchev–Trinajstić information content (AvgIpc) is 2.79. The maximum atomic E-state index is 13.1. The Morgan fingerprint density at radius 2 is 2.21 bits per heavy atom. The number of hydrogen-bond acceptors (Lipinski definition) is 3. The molecule has 1 aromatic rings. The Morgan fingerprint density at radius 1 is 1.47 bits per heavy atom. The minimum Gasteiger partial charge on any atom is -0.392 e. The molecule has 1 saturated heterocycles. The molecule has 0 bridgehead atoms. The third kappa shape index (κ3) is 3.27. The van der Waals surface area contributed by atoms with Gasteiger partial charge in [0.05, 0.1) is 18.2 Å². The average molecular weight is 270 g/mol. The van der Waals surface area contributed by atoms with Crippen molar-refractivity contribution in [2.24, 2.45) is 0 Å². The second-order valence-corrected chi connectivity index (χ2v) is 4.75. The minimum atomic E-state index is -0.937. The topological polar surface area (TPSA) is 61.4 Å². The van der Waals surface area contributed by atoms with Gasteiger partial charge >= 0.3 is 0 Å². The molecular formula is C13H16F2N2O2. The molecule has 0 aliphatic carbocycles. The van der Waals surface area contributed by atoms with E-state index < -0.39 is 29.8 Å². The van der Waals surface area contributed by atoms with Crippen LogP contribution < -0.4 is 10.6 Å². The summed E-state index contributed by atoms with van der Waals surface area (Å²) in [7, 11) is 0. The van der Waals surface area contributed by atoms with E-state index in [4.69, 9.17) is 0 Å². The van der Waals surface area contributed by atoms with Gasteiger partial charge in [-0.3, -0.25) is 4.79 Å². The molecular weight excluding hydrogens is 254 g/mol. The van der Waals surface area contributed by atoms with Crippen LogP contribution in [0, 0.1) is 11.6 Å². The quantitative estimate of drug-likeness (QED) is 0.763. The lowest BCUT2D eigenvalue weighted by molar-refractivity contribution is -0.123. The van der Waals surface area contributed by atoms with Crippen molar-refractivity contribution in [1.82, 2.24) is 10.6 Å².